The molecule has 2 aromatic heterocycles. The van der Waals surface area contributed by atoms with E-state index in [0.717, 1.165) is 38.9 Å². The highest BCUT2D eigenvalue weighted by molar-refractivity contribution is 6.01. The predicted octanol–water partition coefficient (Wildman–Crippen LogP) is 5.53. The highest BCUT2D eigenvalue weighted by Crippen LogP contribution is 2.39. The summed E-state index contributed by atoms with van der Waals surface area (Å²) in [5.74, 6) is -0.516. The number of nitrogens with zero attached hydrogens (tertiary/aromatic N) is 5. The van der Waals surface area contributed by atoms with Gasteiger partial charge in [-0.05, 0) is 79.6 Å². The molecule has 4 saturated heterocycles. The van der Waals surface area contributed by atoms with E-state index in [9.17, 15) is 13.9 Å². The van der Waals surface area contributed by atoms with Crippen molar-refractivity contribution in [1.82, 2.24) is 25.2 Å². The van der Waals surface area contributed by atoms with E-state index in [1.54, 1.807) is 18.3 Å². The van der Waals surface area contributed by atoms with Gasteiger partial charge in [-0.25, -0.2) is 13.2 Å². The molecule has 0 saturated carbocycles. The first kappa shape index (κ1) is 29.0. The molecule has 4 aliphatic heterocycles. The summed E-state index contributed by atoms with van der Waals surface area (Å²) in [5.41, 5.74) is 0.825. The number of fused-ring (bicyclic) bond motifs is 5. The number of phenols is 1. The Morgan fingerprint density at radius 3 is 2.59 bits per heavy atom. The van der Waals surface area contributed by atoms with Crippen LogP contribution in [-0.4, -0.2) is 82.5 Å². The van der Waals surface area contributed by atoms with E-state index in [0.29, 0.717) is 64.2 Å². The van der Waals surface area contributed by atoms with Crippen molar-refractivity contribution in [3.8, 4) is 23.0 Å². The fraction of sp³-hybridized carbons (Fsp3) is 0.485. The summed E-state index contributed by atoms with van der Waals surface area (Å²) in [7, 11) is 1.45. The van der Waals surface area contributed by atoms with Crippen LogP contribution >= 0.6 is 0 Å². The molecule has 0 aliphatic carbocycles. The van der Waals surface area contributed by atoms with E-state index >= 15 is 4.39 Å². The van der Waals surface area contributed by atoms with Gasteiger partial charge >= 0.3 is 6.01 Å². The fourth-order valence-corrected chi connectivity index (χ4v) is 7.57. The fourth-order valence-electron chi connectivity index (χ4n) is 7.57. The topological polar surface area (TPSA) is 86.6 Å². The molecule has 4 aliphatic rings. The standard InChI is InChI=1S/C26H25F2N5O2.C7H12FN/c1-3-17-20(27)7-4-13-8-16(34)9-18(21(13)17)23-22(28)24-19(10-29-23)25(32-26(31-24)35-2)33-11-14-5-6-15(12-33)30-14;8-6-4-7-2-1-3-9(7)5-6/h4,7-10,14-15,30,34H,3,5-6,11-12H2,1-2H3;6-7H,1-5H2. The van der Waals surface area contributed by atoms with Crippen molar-refractivity contribution in [3.05, 3.63) is 47.7 Å². The molecule has 2 N–H and O–H groups in total. The number of rotatable bonds is 4. The number of phenolic OH excluding ortho intramolecular Hbond substituents is 1. The first-order chi connectivity index (χ1) is 21.3. The van der Waals surface area contributed by atoms with Gasteiger partial charge in [-0.1, -0.05) is 13.0 Å². The highest BCUT2D eigenvalue weighted by Gasteiger charge is 2.35. The monoisotopic (exact) mass is 606 g/mol. The van der Waals surface area contributed by atoms with Crippen LogP contribution in [0, 0.1) is 11.6 Å². The maximum Gasteiger partial charge on any atom is 0.318 e. The Labute approximate surface area is 254 Å². The quantitative estimate of drug-likeness (QED) is 0.314. The second kappa shape index (κ2) is 11.7. The van der Waals surface area contributed by atoms with Gasteiger partial charge in [-0.15, -0.1) is 0 Å². The molecule has 4 aromatic rings. The van der Waals surface area contributed by atoms with E-state index < -0.39 is 12.0 Å². The summed E-state index contributed by atoms with van der Waals surface area (Å²) in [6.07, 6.45) is 6.97. The summed E-state index contributed by atoms with van der Waals surface area (Å²) < 4.78 is 48.8. The minimum Gasteiger partial charge on any atom is -0.508 e. The van der Waals surface area contributed by atoms with Crippen LogP contribution in [0.15, 0.2) is 30.5 Å². The van der Waals surface area contributed by atoms with Crippen molar-refractivity contribution in [2.45, 2.75) is 69.7 Å². The normalized spacial score (nSPS) is 24.5. The molecule has 0 amide bonds. The number of alkyl halides is 1. The summed E-state index contributed by atoms with van der Waals surface area (Å²) in [5, 5.41) is 15.6. The van der Waals surface area contributed by atoms with Crippen LogP contribution in [0.25, 0.3) is 32.9 Å². The lowest BCUT2D eigenvalue weighted by Gasteiger charge is -2.34. The zero-order valence-electron chi connectivity index (χ0n) is 25.0. The second-order valence-corrected chi connectivity index (χ2v) is 12.4. The van der Waals surface area contributed by atoms with Gasteiger partial charge < -0.3 is 20.1 Å². The van der Waals surface area contributed by atoms with E-state index in [2.05, 4.69) is 30.1 Å². The van der Waals surface area contributed by atoms with Crippen LogP contribution in [0.1, 0.15) is 44.6 Å². The molecule has 4 unspecified atom stereocenters. The summed E-state index contributed by atoms with van der Waals surface area (Å²) in [6, 6.07) is 7.30. The Morgan fingerprint density at radius 2 is 1.86 bits per heavy atom. The number of aryl methyl sites for hydroxylation is 1. The van der Waals surface area contributed by atoms with Crippen molar-refractivity contribution in [3.63, 3.8) is 0 Å². The van der Waals surface area contributed by atoms with E-state index in [1.807, 2.05) is 6.92 Å². The third kappa shape index (κ3) is 5.19. The molecule has 4 atom stereocenters. The Kier molecular flexibility index (Phi) is 7.70. The van der Waals surface area contributed by atoms with Crippen molar-refractivity contribution in [2.24, 2.45) is 0 Å². The minimum absolute atomic E-state index is 0.00853. The van der Waals surface area contributed by atoms with Gasteiger partial charge in [0.2, 0.25) is 0 Å². The minimum atomic E-state index is -0.666. The number of benzene rings is 2. The zero-order chi connectivity index (χ0) is 30.5. The van der Waals surface area contributed by atoms with Crippen molar-refractivity contribution in [2.75, 3.05) is 38.2 Å². The molecule has 4 fully saturated rings. The lowest BCUT2D eigenvalue weighted by atomic mass is 9.94. The van der Waals surface area contributed by atoms with Gasteiger partial charge in [0, 0.05) is 49.5 Å². The van der Waals surface area contributed by atoms with Gasteiger partial charge in [0.1, 0.15) is 34.8 Å². The van der Waals surface area contributed by atoms with E-state index in [-0.39, 0.29) is 28.8 Å². The van der Waals surface area contributed by atoms with Gasteiger partial charge in [0.15, 0.2) is 5.82 Å². The Balaban J connectivity index is 0.000000296. The lowest BCUT2D eigenvalue weighted by molar-refractivity contribution is 0.292. The second-order valence-electron chi connectivity index (χ2n) is 12.4. The van der Waals surface area contributed by atoms with Crippen molar-refractivity contribution in [1.29, 1.82) is 0 Å². The number of methoxy groups -OCH3 is 1. The maximum atomic E-state index is 16.2. The smallest absolute Gasteiger partial charge is 0.318 e. The average Bonchev–Trinajstić information content (AvgIpc) is 3.71. The van der Waals surface area contributed by atoms with Crippen LogP contribution in [0.2, 0.25) is 0 Å². The number of piperazine rings is 1. The molecule has 2 aromatic carbocycles. The summed E-state index contributed by atoms with van der Waals surface area (Å²) in [6.45, 7) is 5.20. The first-order valence-corrected chi connectivity index (χ1v) is 15.6. The SMILES string of the molecule is CCc1c(F)ccc2cc(O)cc(-c3ncc4c(N5CC6CCC(C5)N6)nc(OC)nc4c3F)c12.FC1CC2CCCN2C1. The predicted molar refractivity (Wildman–Crippen MR) is 164 cm³/mol. The summed E-state index contributed by atoms with van der Waals surface area (Å²) in [4.78, 5) is 17.8. The van der Waals surface area contributed by atoms with Gasteiger partial charge in [-0.2, -0.15) is 9.97 Å². The first-order valence-electron chi connectivity index (χ1n) is 15.6. The number of anilines is 1. The number of pyridine rings is 1. The Hall–Kier alpha value is -3.70. The number of nitrogens with one attached hydrogen (secondary N) is 1. The number of hydrogen-bond donors (Lipinski definition) is 2. The Bertz CT molecular complexity index is 1700. The van der Waals surface area contributed by atoms with Crippen molar-refractivity contribution >= 4 is 27.5 Å². The van der Waals surface area contributed by atoms with Crippen LogP contribution < -0.4 is 15.0 Å². The molecular weight excluding hydrogens is 569 g/mol. The van der Waals surface area contributed by atoms with Gasteiger partial charge in [0.25, 0.3) is 0 Å². The molecule has 2 bridgehead atoms. The number of ether oxygens (including phenoxy) is 1. The van der Waals surface area contributed by atoms with Crippen LogP contribution in [0.4, 0.5) is 19.0 Å². The van der Waals surface area contributed by atoms with Gasteiger partial charge in [-0.3, -0.25) is 9.88 Å². The van der Waals surface area contributed by atoms with Crippen molar-refractivity contribution < 1.29 is 23.0 Å². The molecular formula is C33H37F3N6O2. The molecule has 0 radical (unpaired) electrons. The largest absolute Gasteiger partial charge is 0.508 e. The molecule has 6 heterocycles. The molecule has 8 nitrogen and oxygen atoms in total. The van der Waals surface area contributed by atoms with Crippen LogP contribution in [0.5, 0.6) is 11.8 Å². The Morgan fingerprint density at radius 1 is 1.07 bits per heavy atom. The lowest BCUT2D eigenvalue weighted by Crippen LogP contribution is -2.51. The number of hydrogen-bond acceptors (Lipinski definition) is 8. The number of aromatic nitrogens is 3. The number of halogens is 3. The van der Waals surface area contributed by atoms with Crippen LogP contribution in [-0.2, 0) is 6.42 Å². The molecule has 8 rings (SSSR count). The van der Waals surface area contributed by atoms with Crippen LogP contribution in [0.3, 0.4) is 0 Å². The molecule has 44 heavy (non-hydrogen) atoms. The molecule has 232 valence electrons. The average molecular weight is 607 g/mol. The summed E-state index contributed by atoms with van der Waals surface area (Å²) >= 11 is 0. The maximum absolute atomic E-state index is 16.2. The van der Waals surface area contributed by atoms with E-state index in [4.69, 9.17) is 4.74 Å². The highest BCUT2D eigenvalue weighted by atomic mass is 19.1. The third-order valence-electron chi connectivity index (χ3n) is 9.56. The molecule has 11 heteroatoms. The molecule has 0 spiro atoms. The number of aromatic hydroxyl groups is 1. The van der Waals surface area contributed by atoms with Gasteiger partial charge in [0.05, 0.1) is 12.5 Å². The van der Waals surface area contributed by atoms with E-state index in [1.165, 1.54) is 32.1 Å². The third-order valence-corrected chi connectivity index (χ3v) is 9.56. The zero-order valence-corrected chi connectivity index (χ0v) is 25.0.